The number of alkyl halides is 1. The molecular formula is C20H35Cl2N. The van der Waals surface area contributed by atoms with Crippen LogP contribution < -0.4 is 12.4 Å². The molecule has 1 aromatic rings. The highest BCUT2D eigenvalue weighted by molar-refractivity contribution is 6.17. The fourth-order valence-corrected chi connectivity index (χ4v) is 3.44. The van der Waals surface area contributed by atoms with Crippen LogP contribution in [0.2, 0.25) is 0 Å². The minimum absolute atomic E-state index is 0. The fourth-order valence-electron chi connectivity index (χ4n) is 3.25. The molecule has 0 saturated heterocycles. The lowest BCUT2D eigenvalue weighted by Crippen LogP contribution is -3.00. The highest BCUT2D eigenvalue weighted by Gasteiger charge is 2.26. The lowest BCUT2D eigenvalue weighted by Gasteiger charge is -2.39. The molecule has 1 rings (SSSR count). The van der Waals surface area contributed by atoms with E-state index < -0.39 is 0 Å². The van der Waals surface area contributed by atoms with E-state index >= 15 is 0 Å². The predicted octanol–water partition coefficient (Wildman–Crippen LogP) is 3.02. The van der Waals surface area contributed by atoms with Crippen molar-refractivity contribution in [3.8, 4) is 0 Å². The first-order valence-electron chi connectivity index (χ1n) is 9.21. The zero-order chi connectivity index (χ0) is 16.1. The van der Waals surface area contributed by atoms with E-state index in [2.05, 4.69) is 44.2 Å². The van der Waals surface area contributed by atoms with E-state index in [1.807, 2.05) is 0 Å². The van der Waals surface area contributed by atoms with Crippen LogP contribution in [0.3, 0.4) is 0 Å². The first-order valence-corrected chi connectivity index (χ1v) is 9.75. The molecule has 23 heavy (non-hydrogen) atoms. The lowest BCUT2D eigenvalue weighted by atomic mass is 10.1. The molecule has 0 atom stereocenters. The Morgan fingerprint density at radius 3 is 1.87 bits per heavy atom. The summed E-state index contributed by atoms with van der Waals surface area (Å²) < 4.78 is 1.27. The van der Waals surface area contributed by atoms with E-state index in [0.29, 0.717) is 0 Å². The lowest BCUT2D eigenvalue weighted by molar-refractivity contribution is -0.941. The molecule has 0 spiro atoms. The monoisotopic (exact) mass is 359 g/mol. The van der Waals surface area contributed by atoms with Crippen LogP contribution in [0.25, 0.3) is 0 Å². The minimum Gasteiger partial charge on any atom is -1.00 e. The molecule has 0 aliphatic rings. The van der Waals surface area contributed by atoms with Gasteiger partial charge in [0.15, 0.2) is 0 Å². The molecule has 3 heteroatoms. The molecule has 0 unspecified atom stereocenters. The van der Waals surface area contributed by atoms with E-state index in [1.54, 1.807) is 0 Å². The van der Waals surface area contributed by atoms with Crippen molar-refractivity contribution in [1.82, 2.24) is 0 Å². The standard InChI is InChI=1S/C20H35ClN.ClH/c1-3-5-16-22(17-6-4-2,18-12-8-11-15-21)19-20-13-9-7-10-14-20;/h7,9-10,13-14H,3-6,8,11-12,15-19H2,1-2H3;1H/q+1;/p-1. The maximum absolute atomic E-state index is 5.84. The highest BCUT2D eigenvalue weighted by Crippen LogP contribution is 2.20. The quantitative estimate of drug-likeness (QED) is 0.288. The number of halogens is 2. The van der Waals surface area contributed by atoms with Crippen LogP contribution in [0.1, 0.15) is 64.4 Å². The van der Waals surface area contributed by atoms with Crippen LogP contribution in [0.5, 0.6) is 0 Å². The summed E-state index contributed by atoms with van der Waals surface area (Å²) in [6, 6.07) is 11.1. The van der Waals surface area contributed by atoms with Gasteiger partial charge in [0.2, 0.25) is 0 Å². The van der Waals surface area contributed by atoms with Gasteiger partial charge < -0.3 is 16.9 Å². The molecule has 0 saturated carbocycles. The van der Waals surface area contributed by atoms with Gasteiger partial charge in [-0.05, 0) is 32.1 Å². The van der Waals surface area contributed by atoms with E-state index in [9.17, 15) is 0 Å². The highest BCUT2D eigenvalue weighted by atomic mass is 35.5. The molecular weight excluding hydrogens is 325 g/mol. The van der Waals surface area contributed by atoms with Crippen molar-refractivity contribution in [2.24, 2.45) is 0 Å². The van der Waals surface area contributed by atoms with Crippen LogP contribution in [0, 0.1) is 0 Å². The number of hydrogen-bond acceptors (Lipinski definition) is 0. The van der Waals surface area contributed by atoms with Crippen molar-refractivity contribution in [3.05, 3.63) is 35.9 Å². The van der Waals surface area contributed by atoms with Crippen LogP contribution in [0.15, 0.2) is 30.3 Å². The number of hydrogen-bond donors (Lipinski definition) is 0. The number of quaternary nitrogens is 1. The minimum atomic E-state index is 0. The zero-order valence-corrected chi connectivity index (χ0v) is 16.6. The third kappa shape index (κ3) is 9.59. The molecule has 0 radical (unpaired) electrons. The van der Waals surface area contributed by atoms with Gasteiger partial charge in [-0.3, -0.25) is 0 Å². The summed E-state index contributed by atoms with van der Waals surface area (Å²) >= 11 is 5.84. The average molecular weight is 360 g/mol. The van der Waals surface area contributed by atoms with Crippen molar-refractivity contribution in [3.63, 3.8) is 0 Å². The largest absolute Gasteiger partial charge is 1.00 e. The normalized spacial score (nSPS) is 11.3. The second kappa shape index (κ2) is 14.1. The van der Waals surface area contributed by atoms with Crippen molar-refractivity contribution >= 4 is 11.6 Å². The molecule has 0 heterocycles. The molecule has 1 aromatic carbocycles. The topological polar surface area (TPSA) is 0 Å². The fraction of sp³-hybridized carbons (Fsp3) is 0.700. The van der Waals surface area contributed by atoms with Crippen molar-refractivity contribution in [2.75, 3.05) is 25.5 Å². The molecule has 0 aliphatic heterocycles. The Morgan fingerprint density at radius 2 is 1.35 bits per heavy atom. The summed E-state index contributed by atoms with van der Waals surface area (Å²) in [5.74, 6) is 0.808. The van der Waals surface area contributed by atoms with Crippen molar-refractivity contribution in [1.29, 1.82) is 0 Å². The van der Waals surface area contributed by atoms with E-state index in [1.165, 1.54) is 74.8 Å². The number of benzene rings is 1. The Bertz CT molecular complexity index is 359. The zero-order valence-electron chi connectivity index (χ0n) is 15.1. The molecule has 134 valence electrons. The summed E-state index contributed by atoms with van der Waals surface area (Å²) in [6.45, 7) is 9.78. The average Bonchev–Trinajstić information content (AvgIpc) is 2.56. The second-order valence-electron chi connectivity index (χ2n) is 6.61. The van der Waals surface area contributed by atoms with Gasteiger partial charge in [0, 0.05) is 11.4 Å². The maximum atomic E-state index is 5.84. The summed E-state index contributed by atoms with van der Waals surface area (Å²) in [6.07, 6.45) is 9.02. The predicted molar refractivity (Wildman–Crippen MR) is 99.4 cm³/mol. The second-order valence-corrected chi connectivity index (χ2v) is 6.99. The molecule has 0 aromatic heterocycles. The number of rotatable bonds is 13. The molecule has 0 fully saturated rings. The van der Waals surface area contributed by atoms with E-state index in [0.717, 1.165) is 12.3 Å². The van der Waals surface area contributed by atoms with Gasteiger partial charge in [-0.1, -0.05) is 57.0 Å². The summed E-state index contributed by atoms with van der Waals surface area (Å²) in [4.78, 5) is 0. The SMILES string of the molecule is CCCC[N+](CCCC)(CCCCCCl)Cc1ccccc1.[Cl-]. The van der Waals surface area contributed by atoms with Gasteiger partial charge in [0.1, 0.15) is 6.54 Å². The first kappa shape index (κ1) is 22.8. The van der Waals surface area contributed by atoms with Gasteiger partial charge in [-0.2, -0.15) is 0 Å². The third-order valence-corrected chi connectivity index (χ3v) is 4.87. The Morgan fingerprint density at radius 1 is 0.783 bits per heavy atom. The number of unbranched alkanes of at least 4 members (excludes halogenated alkanes) is 4. The van der Waals surface area contributed by atoms with Gasteiger partial charge in [-0.15, -0.1) is 11.6 Å². The smallest absolute Gasteiger partial charge is 0.104 e. The summed E-state index contributed by atoms with van der Waals surface area (Å²) in [5, 5.41) is 0. The van der Waals surface area contributed by atoms with Crippen molar-refractivity contribution in [2.45, 2.75) is 65.3 Å². The van der Waals surface area contributed by atoms with Crippen molar-refractivity contribution < 1.29 is 16.9 Å². The van der Waals surface area contributed by atoms with Gasteiger partial charge in [0.25, 0.3) is 0 Å². The van der Waals surface area contributed by atoms with Gasteiger partial charge in [-0.25, -0.2) is 0 Å². The molecule has 0 amide bonds. The van der Waals surface area contributed by atoms with Gasteiger partial charge in [0.05, 0.1) is 19.6 Å². The Kier molecular flexibility index (Phi) is 14.0. The maximum Gasteiger partial charge on any atom is 0.104 e. The van der Waals surface area contributed by atoms with E-state index in [4.69, 9.17) is 11.6 Å². The van der Waals surface area contributed by atoms with Gasteiger partial charge >= 0.3 is 0 Å². The summed E-state index contributed by atoms with van der Waals surface area (Å²) in [5.41, 5.74) is 1.49. The Labute approximate surface area is 155 Å². The molecule has 0 bridgehead atoms. The third-order valence-electron chi connectivity index (χ3n) is 4.60. The first-order chi connectivity index (χ1) is 10.8. The molecule has 0 aliphatic carbocycles. The Balaban J connectivity index is 0.00000484. The van der Waals surface area contributed by atoms with Crippen LogP contribution >= 0.6 is 11.6 Å². The number of nitrogens with zero attached hydrogens (tertiary/aromatic N) is 1. The summed E-state index contributed by atoms with van der Waals surface area (Å²) in [7, 11) is 0. The Hall–Kier alpha value is -0.240. The van der Waals surface area contributed by atoms with E-state index in [-0.39, 0.29) is 12.4 Å². The molecule has 1 nitrogen and oxygen atoms in total. The van der Waals surface area contributed by atoms with Crippen LogP contribution in [-0.2, 0) is 6.54 Å². The van der Waals surface area contributed by atoms with Crippen LogP contribution in [-0.4, -0.2) is 30.0 Å². The van der Waals surface area contributed by atoms with Crippen LogP contribution in [0.4, 0.5) is 0 Å². The molecule has 0 N–H and O–H groups in total.